The lowest BCUT2D eigenvalue weighted by atomic mass is 9.97. The first-order valence-electron chi connectivity index (χ1n) is 11.3. The molecule has 0 saturated heterocycles. The van der Waals surface area contributed by atoms with Crippen LogP contribution >= 0.6 is 0 Å². The van der Waals surface area contributed by atoms with Gasteiger partial charge in [-0.05, 0) is 49.9 Å². The number of ether oxygens (including phenoxy) is 1. The molecule has 156 valence electrons. The van der Waals surface area contributed by atoms with Crippen LogP contribution in [0.25, 0.3) is 0 Å². The molecule has 0 atom stereocenters. The molecule has 27 heavy (non-hydrogen) atoms. The Kier molecular flexibility index (Phi) is 11.1. The number of hydrogen-bond donors (Lipinski definition) is 0. The van der Waals surface area contributed by atoms with Gasteiger partial charge in [-0.3, -0.25) is 0 Å². The van der Waals surface area contributed by atoms with Crippen molar-refractivity contribution >= 4 is 0 Å². The van der Waals surface area contributed by atoms with Gasteiger partial charge in [0.05, 0.1) is 33.3 Å². The Labute approximate surface area is 169 Å². The van der Waals surface area contributed by atoms with E-state index in [0.29, 0.717) is 0 Å². The lowest BCUT2D eigenvalue weighted by molar-refractivity contribution is -0.884. The van der Waals surface area contributed by atoms with E-state index in [2.05, 4.69) is 54.9 Å². The topological polar surface area (TPSA) is 9.23 Å². The molecule has 0 fully saturated rings. The summed E-state index contributed by atoms with van der Waals surface area (Å²) in [7, 11) is 6.75. The van der Waals surface area contributed by atoms with Crippen molar-refractivity contribution in [3.63, 3.8) is 0 Å². The quantitative estimate of drug-likeness (QED) is 0.248. The van der Waals surface area contributed by atoms with Crippen molar-refractivity contribution in [1.29, 1.82) is 0 Å². The van der Waals surface area contributed by atoms with Crippen molar-refractivity contribution in [2.24, 2.45) is 0 Å². The molecule has 0 aliphatic carbocycles. The molecule has 1 aromatic carbocycles. The van der Waals surface area contributed by atoms with Crippen molar-refractivity contribution < 1.29 is 9.22 Å². The molecule has 0 amide bonds. The van der Waals surface area contributed by atoms with Crippen LogP contribution < -0.4 is 4.74 Å². The molecule has 0 aliphatic rings. The van der Waals surface area contributed by atoms with Crippen molar-refractivity contribution in [2.75, 3.05) is 27.7 Å². The molecule has 0 aliphatic heterocycles. The predicted molar refractivity (Wildman–Crippen MR) is 120 cm³/mol. The molecule has 0 bridgehead atoms. The molecule has 0 radical (unpaired) electrons. The Bertz CT molecular complexity index is 542. The van der Waals surface area contributed by atoms with Crippen LogP contribution in [0.15, 0.2) is 6.07 Å². The van der Waals surface area contributed by atoms with Crippen LogP contribution in [0.3, 0.4) is 0 Å². The summed E-state index contributed by atoms with van der Waals surface area (Å²) >= 11 is 0. The minimum Gasteiger partial charge on any atom is -0.493 e. The van der Waals surface area contributed by atoms with E-state index in [0.717, 1.165) is 23.4 Å². The summed E-state index contributed by atoms with van der Waals surface area (Å²) in [5.74, 6) is 1.11. The third-order valence-electron chi connectivity index (χ3n) is 5.64. The number of rotatable bonds is 14. The molecule has 0 spiro atoms. The lowest BCUT2D eigenvalue weighted by Crippen LogP contribution is -2.34. The Morgan fingerprint density at radius 1 is 0.741 bits per heavy atom. The van der Waals surface area contributed by atoms with E-state index < -0.39 is 0 Å². The highest BCUT2D eigenvalue weighted by molar-refractivity contribution is 5.48. The number of hydrogen-bond acceptors (Lipinski definition) is 1. The van der Waals surface area contributed by atoms with Crippen molar-refractivity contribution in [2.45, 2.75) is 98.4 Å². The maximum absolute atomic E-state index is 6.26. The van der Waals surface area contributed by atoms with Gasteiger partial charge in [0.1, 0.15) is 12.3 Å². The average Bonchev–Trinajstić information content (AvgIpc) is 2.60. The maximum atomic E-state index is 6.26. The third-order valence-corrected chi connectivity index (χ3v) is 5.64. The molecule has 0 aromatic heterocycles. The highest BCUT2D eigenvalue weighted by Gasteiger charge is 2.18. The number of quaternary nitrogens is 1. The van der Waals surface area contributed by atoms with E-state index in [1.54, 1.807) is 0 Å². The first-order valence-corrected chi connectivity index (χ1v) is 11.3. The average molecular weight is 377 g/mol. The fraction of sp³-hybridized carbons (Fsp3) is 0.760. The Hall–Kier alpha value is -1.02. The second-order valence-corrected chi connectivity index (χ2v) is 9.40. The summed E-state index contributed by atoms with van der Waals surface area (Å²) in [6, 6.07) is 2.25. The minimum atomic E-state index is 0.850. The number of unbranched alkanes of at least 4 members (excludes halogenated alkanes) is 9. The monoisotopic (exact) mass is 376 g/mol. The zero-order valence-electron chi connectivity index (χ0n) is 19.4. The first kappa shape index (κ1) is 24.0. The largest absolute Gasteiger partial charge is 0.493 e. The van der Waals surface area contributed by atoms with Gasteiger partial charge in [0.2, 0.25) is 0 Å². The second kappa shape index (κ2) is 12.4. The van der Waals surface area contributed by atoms with Crippen LogP contribution in [-0.2, 0) is 6.54 Å². The highest BCUT2D eigenvalue weighted by Crippen LogP contribution is 2.30. The fourth-order valence-electron chi connectivity index (χ4n) is 3.67. The van der Waals surface area contributed by atoms with E-state index >= 15 is 0 Å². The van der Waals surface area contributed by atoms with Gasteiger partial charge in [0.15, 0.2) is 0 Å². The van der Waals surface area contributed by atoms with Crippen molar-refractivity contribution in [3.05, 3.63) is 28.3 Å². The van der Waals surface area contributed by atoms with Gasteiger partial charge in [-0.25, -0.2) is 0 Å². The van der Waals surface area contributed by atoms with Crippen LogP contribution in [0.2, 0.25) is 0 Å². The van der Waals surface area contributed by atoms with Gasteiger partial charge in [0.25, 0.3) is 0 Å². The molecule has 2 heteroatoms. The maximum Gasteiger partial charge on any atom is 0.128 e. The fourth-order valence-corrected chi connectivity index (χ4v) is 3.67. The smallest absolute Gasteiger partial charge is 0.128 e. The zero-order chi connectivity index (χ0) is 20.3. The van der Waals surface area contributed by atoms with Crippen LogP contribution in [-0.4, -0.2) is 32.2 Å². The number of nitrogens with zero attached hydrogens (tertiary/aromatic N) is 1. The second-order valence-electron chi connectivity index (χ2n) is 9.40. The Morgan fingerprint density at radius 2 is 1.26 bits per heavy atom. The van der Waals surface area contributed by atoms with Gasteiger partial charge >= 0.3 is 0 Å². The van der Waals surface area contributed by atoms with Crippen LogP contribution in [0.4, 0.5) is 0 Å². The predicted octanol–water partition coefficient (Wildman–Crippen LogP) is 7.12. The molecule has 1 rings (SSSR count). The molecule has 0 unspecified atom stereocenters. The molecule has 1 aromatic rings. The van der Waals surface area contributed by atoms with Crippen molar-refractivity contribution in [3.8, 4) is 5.75 Å². The molecular weight excluding hydrogens is 330 g/mol. The minimum absolute atomic E-state index is 0.850. The Morgan fingerprint density at radius 3 is 1.78 bits per heavy atom. The standard InChI is InChI=1S/C25H46NO/c1-8-9-10-11-12-13-14-15-16-17-18-27-25-19-21(2)22(3)23(4)24(25)20-26(5,6)7/h19H,8-18,20H2,1-7H3/q+1. The normalized spacial score (nSPS) is 11.8. The molecule has 0 saturated carbocycles. The Balaban J connectivity index is 2.37. The van der Waals surface area contributed by atoms with Crippen LogP contribution in [0.5, 0.6) is 5.75 Å². The van der Waals surface area contributed by atoms with E-state index in [1.165, 1.54) is 86.5 Å². The molecular formula is C25H46NO+. The molecule has 0 heterocycles. The van der Waals surface area contributed by atoms with Crippen LogP contribution in [0.1, 0.15) is 93.4 Å². The third kappa shape index (κ3) is 9.65. The van der Waals surface area contributed by atoms with E-state index in [4.69, 9.17) is 4.74 Å². The van der Waals surface area contributed by atoms with E-state index in [1.807, 2.05) is 0 Å². The molecule has 2 nitrogen and oxygen atoms in total. The SMILES string of the molecule is CCCCCCCCCCCCOc1cc(C)c(C)c(C)c1C[N+](C)(C)C. The summed E-state index contributed by atoms with van der Waals surface area (Å²) in [5, 5.41) is 0. The summed E-state index contributed by atoms with van der Waals surface area (Å²) in [5.41, 5.74) is 5.54. The summed E-state index contributed by atoms with van der Waals surface area (Å²) in [6.07, 6.45) is 13.7. The van der Waals surface area contributed by atoms with Crippen molar-refractivity contribution in [1.82, 2.24) is 0 Å². The van der Waals surface area contributed by atoms with Gasteiger partial charge in [0, 0.05) is 0 Å². The first-order chi connectivity index (χ1) is 12.8. The summed E-state index contributed by atoms with van der Waals surface area (Å²) in [4.78, 5) is 0. The van der Waals surface area contributed by atoms with Gasteiger partial charge in [-0.1, -0.05) is 64.7 Å². The number of benzene rings is 1. The molecule has 0 N–H and O–H groups in total. The van der Waals surface area contributed by atoms with Crippen LogP contribution in [0, 0.1) is 20.8 Å². The van der Waals surface area contributed by atoms with Gasteiger partial charge in [-0.15, -0.1) is 0 Å². The summed E-state index contributed by atoms with van der Waals surface area (Å²) < 4.78 is 7.19. The van der Waals surface area contributed by atoms with Gasteiger partial charge in [-0.2, -0.15) is 0 Å². The summed E-state index contributed by atoms with van der Waals surface area (Å²) in [6.45, 7) is 10.8. The zero-order valence-corrected chi connectivity index (χ0v) is 19.4. The number of aryl methyl sites for hydroxylation is 1. The highest BCUT2D eigenvalue weighted by atomic mass is 16.5. The van der Waals surface area contributed by atoms with E-state index in [9.17, 15) is 0 Å². The lowest BCUT2D eigenvalue weighted by Gasteiger charge is -2.27. The van der Waals surface area contributed by atoms with Gasteiger partial charge < -0.3 is 9.22 Å². The van der Waals surface area contributed by atoms with E-state index in [-0.39, 0.29) is 0 Å².